The molecular weight excluding hydrogens is 347 g/mol. The molecule has 0 aliphatic rings. The van der Waals surface area contributed by atoms with E-state index >= 15 is 0 Å². The van der Waals surface area contributed by atoms with E-state index in [1.165, 1.54) is 30.5 Å². The van der Waals surface area contributed by atoms with Gasteiger partial charge in [-0.3, -0.25) is 9.59 Å². The van der Waals surface area contributed by atoms with Gasteiger partial charge in [0.25, 0.3) is 5.91 Å². The first kappa shape index (κ1) is 19.4. The van der Waals surface area contributed by atoms with Crippen LogP contribution in [0.1, 0.15) is 47.8 Å². The fraction of sp³-hybridized carbons (Fsp3) is 0.278. The highest BCUT2D eigenvalue weighted by molar-refractivity contribution is 5.96. The van der Waals surface area contributed by atoms with Gasteiger partial charge in [-0.2, -0.15) is 13.2 Å². The van der Waals surface area contributed by atoms with Crippen molar-refractivity contribution in [3.8, 4) is 0 Å². The van der Waals surface area contributed by atoms with Crippen molar-refractivity contribution in [2.75, 3.05) is 5.32 Å². The van der Waals surface area contributed by atoms with Crippen molar-refractivity contribution in [1.29, 1.82) is 0 Å². The number of benzene rings is 1. The first-order valence-electron chi connectivity index (χ1n) is 7.94. The van der Waals surface area contributed by atoms with Crippen molar-refractivity contribution in [3.05, 3.63) is 59.3 Å². The Kier molecular flexibility index (Phi) is 5.97. The van der Waals surface area contributed by atoms with Gasteiger partial charge in [0.15, 0.2) is 0 Å². The minimum absolute atomic E-state index is 0.233. The maximum absolute atomic E-state index is 12.8. The molecule has 0 saturated carbocycles. The van der Waals surface area contributed by atoms with Gasteiger partial charge < -0.3 is 10.6 Å². The Morgan fingerprint density at radius 2 is 1.92 bits per heavy atom. The van der Waals surface area contributed by atoms with Crippen molar-refractivity contribution < 1.29 is 22.8 Å². The molecular formula is C18H18F3N3O2. The molecule has 0 bridgehead atoms. The molecule has 138 valence electrons. The van der Waals surface area contributed by atoms with E-state index in [0.717, 1.165) is 12.1 Å². The van der Waals surface area contributed by atoms with Crippen molar-refractivity contribution in [3.63, 3.8) is 0 Å². The molecule has 0 aliphatic heterocycles. The van der Waals surface area contributed by atoms with Crippen LogP contribution in [-0.4, -0.2) is 16.8 Å². The maximum atomic E-state index is 12.8. The number of alkyl halides is 3. The van der Waals surface area contributed by atoms with Gasteiger partial charge >= 0.3 is 6.18 Å². The molecule has 1 heterocycles. The summed E-state index contributed by atoms with van der Waals surface area (Å²) in [6.45, 7) is 3.27. The number of anilines is 1. The molecule has 5 nitrogen and oxygen atoms in total. The number of carbonyl (C=O) groups excluding carboxylic acids is 2. The number of halogens is 3. The van der Waals surface area contributed by atoms with Gasteiger partial charge in [0.1, 0.15) is 5.82 Å². The Labute approximate surface area is 148 Å². The summed E-state index contributed by atoms with van der Waals surface area (Å²) in [5.41, 5.74) is -0.198. The summed E-state index contributed by atoms with van der Waals surface area (Å²) >= 11 is 0. The lowest BCUT2D eigenvalue weighted by Gasteiger charge is -2.16. The van der Waals surface area contributed by atoms with Crippen LogP contribution in [0.5, 0.6) is 0 Å². The summed E-state index contributed by atoms with van der Waals surface area (Å²) in [5, 5.41) is 5.18. The maximum Gasteiger partial charge on any atom is 0.416 e. The number of pyridine rings is 1. The Bertz CT molecular complexity index is 806. The number of rotatable bonds is 5. The van der Waals surface area contributed by atoms with Crippen LogP contribution in [-0.2, 0) is 11.0 Å². The quantitative estimate of drug-likeness (QED) is 0.843. The van der Waals surface area contributed by atoms with Crippen LogP contribution in [0.25, 0.3) is 0 Å². The van der Waals surface area contributed by atoms with E-state index in [-0.39, 0.29) is 23.7 Å². The number of hydrogen-bond donors (Lipinski definition) is 2. The van der Waals surface area contributed by atoms with E-state index in [0.29, 0.717) is 5.56 Å². The molecule has 2 N–H and O–H groups in total. The van der Waals surface area contributed by atoms with E-state index in [2.05, 4.69) is 15.6 Å². The molecule has 0 aliphatic carbocycles. The van der Waals surface area contributed by atoms with Crippen LogP contribution in [0.4, 0.5) is 19.0 Å². The predicted octanol–water partition coefficient (Wildman–Crippen LogP) is 3.94. The van der Waals surface area contributed by atoms with Crippen LogP contribution in [0.15, 0.2) is 42.6 Å². The summed E-state index contributed by atoms with van der Waals surface area (Å²) in [7, 11) is 0. The van der Waals surface area contributed by atoms with Gasteiger partial charge in [0.2, 0.25) is 5.91 Å². The van der Waals surface area contributed by atoms with E-state index in [1.807, 2.05) is 0 Å². The lowest BCUT2D eigenvalue weighted by atomic mass is 10.0. The third kappa shape index (κ3) is 5.05. The second-order valence-corrected chi connectivity index (χ2v) is 5.65. The first-order valence-corrected chi connectivity index (χ1v) is 7.94. The number of nitrogens with zero attached hydrogens (tertiary/aromatic N) is 1. The highest BCUT2D eigenvalue weighted by atomic mass is 19.4. The van der Waals surface area contributed by atoms with Crippen LogP contribution < -0.4 is 10.6 Å². The number of nitrogens with one attached hydrogen (secondary N) is 2. The molecule has 0 saturated heterocycles. The number of aromatic nitrogens is 1. The van der Waals surface area contributed by atoms with Crippen molar-refractivity contribution in [2.45, 2.75) is 32.5 Å². The molecule has 0 unspecified atom stereocenters. The highest BCUT2D eigenvalue weighted by Gasteiger charge is 2.30. The van der Waals surface area contributed by atoms with Crippen LogP contribution in [0.2, 0.25) is 0 Å². The van der Waals surface area contributed by atoms with Crippen molar-refractivity contribution in [1.82, 2.24) is 10.3 Å². The Hall–Kier alpha value is -2.90. The second-order valence-electron chi connectivity index (χ2n) is 5.65. The van der Waals surface area contributed by atoms with E-state index < -0.39 is 23.7 Å². The molecule has 8 heteroatoms. The fourth-order valence-electron chi connectivity index (χ4n) is 2.22. The summed E-state index contributed by atoms with van der Waals surface area (Å²) in [6.07, 6.45) is -2.81. The van der Waals surface area contributed by atoms with E-state index in [9.17, 15) is 22.8 Å². The highest BCUT2D eigenvalue weighted by Crippen LogP contribution is 2.30. The zero-order valence-electron chi connectivity index (χ0n) is 14.2. The third-order valence-corrected chi connectivity index (χ3v) is 3.67. The van der Waals surface area contributed by atoms with Gasteiger partial charge in [0.05, 0.1) is 11.6 Å². The first-order chi connectivity index (χ1) is 12.2. The summed E-state index contributed by atoms with van der Waals surface area (Å²) in [5.74, 6) is -0.493. The number of carbonyl (C=O) groups is 2. The van der Waals surface area contributed by atoms with E-state index in [1.54, 1.807) is 13.8 Å². The van der Waals surface area contributed by atoms with Crippen LogP contribution in [0, 0.1) is 0 Å². The average Bonchev–Trinajstić information content (AvgIpc) is 2.61. The topological polar surface area (TPSA) is 71.1 Å². The third-order valence-electron chi connectivity index (χ3n) is 3.67. The van der Waals surface area contributed by atoms with Crippen molar-refractivity contribution in [2.24, 2.45) is 0 Å². The zero-order valence-corrected chi connectivity index (χ0v) is 14.2. The molecule has 0 radical (unpaired) electrons. The number of amides is 2. The molecule has 0 fully saturated rings. The average molecular weight is 365 g/mol. The molecule has 2 aromatic rings. The van der Waals surface area contributed by atoms with Gasteiger partial charge in [-0.15, -0.1) is 0 Å². The largest absolute Gasteiger partial charge is 0.416 e. The van der Waals surface area contributed by atoms with Gasteiger partial charge in [-0.05, 0) is 36.8 Å². The molecule has 1 aromatic carbocycles. The molecule has 0 spiro atoms. The summed E-state index contributed by atoms with van der Waals surface area (Å²) in [4.78, 5) is 27.7. The molecule has 2 amide bonds. The lowest BCUT2D eigenvalue weighted by Crippen LogP contribution is -2.27. The fourth-order valence-corrected chi connectivity index (χ4v) is 2.22. The zero-order chi connectivity index (χ0) is 19.3. The van der Waals surface area contributed by atoms with Crippen molar-refractivity contribution >= 4 is 17.6 Å². The smallest absolute Gasteiger partial charge is 0.346 e. The molecule has 26 heavy (non-hydrogen) atoms. The lowest BCUT2D eigenvalue weighted by molar-refractivity contribution is -0.137. The van der Waals surface area contributed by atoms with Crippen LogP contribution >= 0.6 is 0 Å². The SMILES string of the molecule is CCC(=O)Nc1cc(C(=O)N[C@H](C)c2cccc(C(F)(F)F)c2)ccn1. The summed E-state index contributed by atoms with van der Waals surface area (Å²) in [6, 6.07) is 7.02. The molecule has 1 atom stereocenters. The second kappa shape index (κ2) is 7.99. The minimum atomic E-state index is -4.45. The van der Waals surface area contributed by atoms with Gasteiger partial charge in [-0.25, -0.2) is 4.98 Å². The number of hydrogen-bond acceptors (Lipinski definition) is 3. The molecule has 1 aromatic heterocycles. The minimum Gasteiger partial charge on any atom is -0.346 e. The predicted molar refractivity (Wildman–Crippen MR) is 90.5 cm³/mol. The van der Waals surface area contributed by atoms with Gasteiger partial charge in [0, 0.05) is 18.2 Å². The Morgan fingerprint density at radius 3 is 2.58 bits per heavy atom. The normalized spacial score (nSPS) is 12.3. The standard InChI is InChI=1S/C18H18F3N3O2/c1-3-16(25)24-15-10-13(7-8-22-15)17(26)23-11(2)12-5-4-6-14(9-12)18(19,20)21/h4-11H,3H2,1-2H3,(H,23,26)(H,22,24,25)/t11-/m1/s1. The Morgan fingerprint density at radius 1 is 1.19 bits per heavy atom. The monoisotopic (exact) mass is 365 g/mol. The Balaban J connectivity index is 2.12. The van der Waals surface area contributed by atoms with Crippen LogP contribution in [0.3, 0.4) is 0 Å². The summed E-state index contributed by atoms with van der Waals surface area (Å²) < 4.78 is 38.4. The van der Waals surface area contributed by atoms with E-state index in [4.69, 9.17) is 0 Å². The molecule has 2 rings (SSSR count). The van der Waals surface area contributed by atoms with Gasteiger partial charge in [-0.1, -0.05) is 19.1 Å².